The van der Waals surface area contributed by atoms with Crippen LogP contribution in [0.5, 0.6) is 0 Å². The quantitative estimate of drug-likeness (QED) is 0.113. The Kier molecular flexibility index (Phi) is 12.2. The van der Waals surface area contributed by atoms with Gasteiger partial charge in [0.1, 0.15) is 5.58 Å². The molecule has 9 rings (SSSR count). The molecule has 1 radical (unpaired) electrons. The van der Waals surface area contributed by atoms with E-state index < -0.39 is 20.8 Å². The van der Waals surface area contributed by atoms with E-state index >= 15 is 0 Å². The molecule has 9 aromatic rings. The van der Waals surface area contributed by atoms with Crippen molar-refractivity contribution in [3.05, 3.63) is 167 Å². The van der Waals surface area contributed by atoms with Crippen molar-refractivity contribution in [1.29, 1.82) is 0 Å². The van der Waals surface area contributed by atoms with Gasteiger partial charge in [0.15, 0.2) is 0 Å². The molecule has 0 spiro atoms. The van der Waals surface area contributed by atoms with Gasteiger partial charge in [-0.2, -0.15) is 0 Å². The minimum Gasteiger partial charge on any atom is -0.501 e. The Labute approximate surface area is 407 Å². The van der Waals surface area contributed by atoms with Crippen molar-refractivity contribution in [3.8, 4) is 39.5 Å². The molecule has 0 saturated carbocycles. The van der Waals surface area contributed by atoms with Crippen LogP contribution in [0.25, 0.3) is 72.4 Å². The number of benzene rings is 6. The minimum atomic E-state index is -2.13. The number of fused-ring (bicyclic) bond motifs is 4. The molecule has 6 heteroatoms. The van der Waals surface area contributed by atoms with Gasteiger partial charge < -0.3 is 14.0 Å². The zero-order chi connectivity index (χ0) is 49.1. The number of hydrogen-bond acceptors (Lipinski definition) is 3. The van der Waals surface area contributed by atoms with Crippen molar-refractivity contribution in [3.63, 3.8) is 0 Å². The zero-order valence-electron chi connectivity index (χ0n) is 43.9. The Morgan fingerprint density at radius 3 is 2.05 bits per heavy atom. The topological polar surface area (TPSA) is 43.9 Å². The predicted octanol–water partition coefficient (Wildman–Crippen LogP) is 16.1. The van der Waals surface area contributed by atoms with Gasteiger partial charge in [-0.1, -0.05) is 178 Å². The van der Waals surface area contributed by atoms with Crippen molar-refractivity contribution in [2.45, 2.75) is 112 Å². The number of rotatable bonds is 8. The number of imidazole rings is 1. The summed E-state index contributed by atoms with van der Waals surface area (Å²) >= 11 is 0. The summed E-state index contributed by atoms with van der Waals surface area (Å²) < 4.78 is 39.9. The molecule has 0 saturated heterocycles. The van der Waals surface area contributed by atoms with Crippen LogP contribution in [0.1, 0.15) is 113 Å². The van der Waals surface area contributed by atoms with Crippen molar-refractivity contribution in [2.75, 3.05) is 0 Å². The molecule has 0 fully saturated rings. The van der Waals surface area contributed by atoms with Gasteiger partial charge in [-0.05, 0) is 80.0 Å². The summed E-state index contributed by atoms with van der Waals surface area (Å²) in [6.07, 6.45) is 1.89. The monoisotopic (exact) mass is 1050 g/mol. The normalized spacial score (nSPS) is 13.3. The van der Waals surface area contributed by atoms with Gasteiger partial charge in [0.25, 0.3) is 0 Å². The van der Waals surface area contributed by atoms with Gasteiger partial charge in [-0.3, -0.25) is 4.98 Å². The number of para-hydroxylation sites is 3. The van der Waals surface area contributed by atoms with Gasteiger partial charge in [-0.25, -0.2) is 0 Å². The molecule has 3 aromatic heterocycles. The second-order valence-corrected chi connectivity index (χ2v) is 25.0. The Morgan fingerprint density at radius 1 is 0.738 bits per heavy atom. The zero-order valence-corrected chi connectivity index (χ0v) is 43.3. The molecule has 3 heterocycles. The third-order valence-corrected chi connectivity index (χ3v) is 14.2. The molecule has 0 N–H and O–H groups in total. The average Bonchev–Trinajstić information content (AvgIpc) is 3.86. The molecule has 4 nitrogen and oxygen atoms in total. The summed E-state index contributed by atoms with van der Waals surface area (Å²) in [4.78, 5) is 9.81. The summed E-state index contributed by atoms with van der Waals surface area (Å²) in [7, 11) is -1.61. The standard InChI is InChI=1S/C41H39N2O.C18H24NSi.Ir/c1-25(2)30-12-10-13-31(26(3)4)38(30)43-36-17-9-8-16-35(36)42-40(43)34-15-11-14-33-32-23-20-28(24-37(32)44-39(33)34)27-18-21-29(22-19-27)41(5,6)7;1-13(2)16-11-17(15-9-7-14(3)8-10-15)19-12-18(16)20(4,5)6;/h8-14,16-26H,1-7H3;7-9,11-13H,1-6H3;/q2*-1;/i;3D3,13D;. The molecule has 0 aliphatic heterocycles. The van der Waals surface area contributed by atoms with E-state index in [4.69, 9.17) is 14.9 Å². The Balaban J connectivity index is 0.000000240. The molecule has 0 aliphatic carbocycles. The molecular formula is C59H63IrN3OSi-2. The third-order valence-electron chi connectivity index (χ3n) is 12.2. The number of aromatic nitrogens is 3. The van der Waals surface area contributed by atoms with Crippen LogP contribution in [0.2, 0.25) is 19.6 Å². The van der Waals surface area contributed by atoms with Gasteiger partial charge >= 0.3 is 0 Å². The molecule has 0 bridgehead atoms. The van der Waals surface area contributed by atoms with Crippen LogP contribution >= 0.6 is 0 Å². The number of pyridine rings is 1. The first-order valence-corrected chi connectivity index (χ1v) is 26.0. The minimum absolute atomic E-state index is 0. The summed E-state index contributed by atoms with van der Waals surface area (Å²) in [5.74, 6) is 0.828. The van der Waals surface area contributed by atoms with E-state index in [1.807, 2.05) is 32.2 Å². The van der Waals surface area contributed by atoms with Crippen molar-refractivity contribution in [1.82, 2.24) is 14.5 Å². The van der Waals surface area contributed by atoms with Gasteiger partial charge in [0, 0.05) is 42.9 Å². The SMILES string of the molecule is CC(C)c1cccc(C(C)C)c1-n1c(-c2[c-]ccc3c2oc2cc(-c4ccc(C(C)(C)C)cc4)ccc23)nc2ccccc21.[2H]C([2H])([2H])c1c[c-]c(-c2cc(C([2H])(C)C)c([Si](C)(C)C)cn2)cc1.[Ir]. The number of nitrogens with zero attached hydrogens (tertiary/aromatic N) is 3. The van der Waals surface area contributed by atoms with E-state index in [-0.39, 0.29) is 31.1 Å². The van der Waals surface area contributed by atoms with Gasteiger partial charge in [0.05, 0.1) is 30.5 Å². The van der Waals surface area contributed by atoms with Crippen LogP contribution in [0.3, 0.4) is 0 Å². The molecule has 0 atom stereocenters. The second-order valence-electron chi connectivity index (χ2n) is 19.9. The fourth-order valence-electron chi connectivity index (χ4n) is 8.64. The van der Waals surface area contributed by atoms with Gasteiger partial charge in [0.2, 0.25) is 0 Å². The van der Waals surface area contributed by atoms with E-state index in [0.29, 0.717) is 11.8 Å². The van der Waals surface area contributed by atoms with Crippen LogP contribution in [0, 0.1) is 19.0 Å². The van der Waals surface area contributed by atoms with Crippen LogP contribution < -0.4 is 5.19 Å². The summed E-state index contributed by atoms with van der Waals surface area (Å²) in [6.45, 7) is 24.2. The van der Waals surface area contributed by atoms with Crippen molar-refractivity contribution < 1.29 is 30.0 Å². The molecule has 6 aromatic carbocycles. The summed E-state index contributed by atoms with van der Waals surface area (Å²) in [6, 6.07) is 48.0. The first-order valence-electron chi connectivity index (χ1n) is 24.5. The van der Waals surface area contributed by atoms with Gasteiger partial charge in [-0.15, -0.1) is 53.6 Å². The molecule has 65 heavy (non-hydrogen) atoms. The Hall–Kier alpha value is -5.39. The van der Waals surface area contributed by atoms with E-state index in [0.717, 1.165) is 66.7 Å². The predicted molar refractivity (Wildman–Crippen MR) is 275 cm³/mol. The largest absolute Gasteiger partial charge is 0.501 e. The number of aryl methyl sites for hydroxylation is 1. The molecule has 0 aliphatic rings. The smallest absolute Gasteiger partial charge is 0.121 e. The fraction of sp³-hybridized carbons (Fsp3) is 0.288. The fourth-order valence-corrected chi connectivity index (χ4v) is 10.2. The van der Waals surface area contributed by atoms with E-state index in [2.05, 4.69) is 181 Å². The second kappa shape index (κ2) is 18.8. The van der Waals surface area contributed by atoms with Crippen LogP contribution in [0.4, 0.5) is 0 Å². The number of furan rings is 1. The van der Waals surface area contributed by atoms with E-state index in [1.165, 1.54) is 39.2 Å². The maximum absolute atomic E-state index is 8.48. The van der Waals surface area contributed by atoms with E-state index in [9.17, 15) is 0 Å². The van der Waals surface area contributed by atoms with Crippen molar-refractivity contribution >= 4 is 46.2 Å². The van der Waals surface area contributed by atoms with Crippen LogP contribution in [-0.4, -0.2) is 22.6 Å². The molecule has 0 unspecified atom stereocenters. The molecule has 335 valence electrons. The first kappa shape index (κ1) is 42.3. The maximum atomic E-state index is 8.48. The summed E-state index contributed by atoms with van der Waals surface area (Å²) in [5, 5.41) is 3.35. The Morgan fingerprint density at radius 2 is 1.43 bits per heavy atom. The number of hydrogen-bond donors (Lipinski definition) is 0. The summed E-state index contributed by atoms with van der Waals surface area (Å²) in [5.41, 5.74) is 14.9. The van der Waals surface area contributed by atoms with Crippen molar-refractivity contribution in [2.24, 2.45) is 0 Å². The maximum Gasteiger partial charge on any atom is 0.121 e. The first-order chi connectivity index (χ1) is 31.9. The third kappa shape index (κ3) is 9.64. The Bertz CT molecular complexity index is 3250. The van der Waals surface area contributed by atoms with Crippen LogP contribution in [-0.2, 0) is 25.5 Å². The average molecular weight is 1050 g/mol. The van der Waals surface area contributed by atoms with Crippen LogP contribution in [0.15, 0.2) is 132 Å². The molecule has 0 amide bonds. The van der Waals surface area contributed by atoms with E-state index in [1.54, 1.807) is 12.1 Å². The molecular weight excluding hydrogens is 987 g/mol.